The molecule has 0 aromatic heterocycles. The van der Waals surface area contributed by atoms with Crippen LogP contribution in [0, 0.1) is 0 Å². The minimum atomic E-state index is -4.02. The first-order valence-electron chi connectivity index (χ1n) is 10.8. The van der Waals surface area contributed by atoms with Gasteiger partial charge in [-0.25, -0.2) is 8.42 Å². The number of benzene rings is 2. The molecule has 174 valence electrons. The number of imide groups is 1. The van der Waals surface area contributed by atoms with Gasteiger partial charge in [-0.15, -0.1) is 0 Å². The van der Waals surface area contributed by atoms with Crippen molar-refractivity contribution in [3.8, 4) is 0 Å². The molecule has 2 aliphatic heterocycles. The molecular formula is C23H24ClN3O5S. The zero-order valence-corrected chi connectivity index (χ0v) is 19.4. The monoisotopic (exact) mass is 489 g/mol. The van der Waals surface area contributed by atoms with Crippen LogP contribution in [0.2, 0.25) is 5.02 Å². The number of hydrogen-bond acceptors (Lipinski definition) is 5. The van der Waals surface area contributed by atoms with E-state index in [1.165, 1.54) is 28.6 Å². The van der Waals surface area contributed by atoms with E-state index >= 15 is 0 Å². The van der Waals surface area contributed by atoms with Crippen LogP contribution >= 0.6 is 11.6 Å². The lowest BCUT2D eigenvalue weighted by Gasteiger charge is -2.29. The Morgan fingerprint density at radius 2 is 1.61 bits per heavy atom. The van der Waals surface area contributed by atoms with Crippen molar-refractivity contribution in [1.29, 1.82) is 0 Å². The molecule has 1 unspecified atom stereocenters. The number of rotatable bonds is 7. The third-order valence-electron chi connectivity index (χ3n) is 5.91. The van der Waals surface area contributed by atoms with Gasteiger partial charge in [0.05, 0.1) is 16.0 Å². The predicted octanol–water partition coefficient (Wildman–Crippen LogP) is 2.69. The second-order valence-electron chi connectivity index (χ2n) is 8.03. The average molecular weight is 490 g/mol. The summed E-state index contributed by atoms with van der Waals surface area (Å²) in [7, 11) is -4.02. The van der Waals surface area contributed by atoms with E-state index < -0.39 is 27.9 Å². The van der Waals surface area contributed by atoms with E-state index in [2.05, 4.69) is 5.32 Å². The topological polar surface area (TPSA) is 104 Å². The summed E-state index contributed by atoms with van der Waals surface area (Å²) in [5.41, 5.74) is 0.688. The van der Waals surface area contributed by atoms with Crippen LogP contribution in [0.25, 0.3) is 0 Å². The summed E-state index contributed by atoms with van der Waals surface area (Å²) in [4.78, 5) is 39.1. The molecule has 1 N–H and O–H groups in total. The summed E-state index contributed by atoms with van der Waals surface area (Å²) < 4.78 is 28.2. The van der Waals surface area contributed by atoms with Gasteiger partial charge < -0.3 is 5.32 Å². The number of sulfonamides is 1. The molecule has 4 rings (SSSR count). The fourth-order valence-electron chi connectivity index (χ4n) is 4.21. The fourth-order valence-corrected chi connectivity index (χ4v) is 5.99. The van der Waals surface area contributed by atoms with E-state index in [0.29, 0.717) is 35.5 Å². The Bertz CT molecular complexity index is 1150. The molecule has 8 nitrogen and oxygen atoms in total. The Morgan fingerprint density at radius 3 is 2.24 bits per heavy atom. The average Bonchev–Trinajstić information content (AvgIpc) is 2.92. The smallest absolute Gasteiger partial charge is 0.261 e. The zero-order chi connectivity index (χ0) is 23.6. The Labute approximate surface area is 197 Å². The van der Waals surface area contributed by atoms with Crippen molar-refractivity contribution in [3.05, 3.63) is 64.7 Å². The van der Waals surface area contributed by atoms with E-state index in [0.717, 1.165) is 11.3 Å². The summed E-state index contributed by atoms with van der Waals surface area (Å²) in [6.45, 7) is 0.531. The highest BCUT2D eigenvalue weighted by Gasteiger charge is 2.38. The summed E-state index contributed by atoms with van der Waals surface area (Å²) >= 11 is 5.91. The Morgan fingerprint density at radius 1 is 0.970 bits per heavy atom. The van der Waals surface area contributed by atoms with Crippen molar-refractivity contribution < 1.29 is 22.8 Å². The van der Waals surface area contributed by atoms with Gasteiger partial charge in [0.1, 0.15) is 6.04 Å². The van der Waals surface area contributed by atoms with Crippen LogP contribution in [0.15, 0.2) is 53.4 Å². The molecule has 2 heterocycles. The van der Waals surface area contributed by atoms with Crippen LogP contribution in [0.1, 0.15) is 46.4 Å². The molecule has 33 heavy (non-hydrogen) atoms. The van der Waals surface area contributed by atoms with Gasteiger partial charge in [0.25, 0.3) is 11.8 Å². The van der Waals surface area contributed by atoms with Crippen LogP contribution in [0.4, 0.5) is 0 Å². The van der Waals surface area contributed by atoms with Gasteiger partial charge in [0.2, 0.25) is 15.9 Å². The number of hydrogen-bond donors (Lipinski definition) is 1. The fraction of sp³-hybridized carbons (Fsp3) is 0.348. The van der Waals surface area contributed by atoms with E-state index in [4.69, 9.17) is 11.6 Å². The van der Waals surface area contributed by atoms with Gasteiger partial charge in [0, 0.05) is 24.7 Å². The van der Waals surface area contributed by atoms with Crippen molar-refractivity contribution in [2.75, 3.05) is 19.6 Å². The largest absolute Gasteiger partial charge is 0.355 e. The third kappa shape index (κ3) is 4.66. The van der Waals surface area contributed by atoms with Crippen LogP contribution in [-0.4, -0.2) is 61.0 Å². The van der Waals surface area contributed by atoms with Gasteiger partial charge in [-0.3, -0.25) is 19.3 Å². The standard InChI is InChI=1S/C23H24ClN3O5S/c24-16-9-11-17(12-10-16)33(31,32)27(20-8-3-4-13-25-21(20)28)15-5-14-26-22(29)18-6-1-2-7-19(18)23(26)30/h1-2,6-7,9-12,20H,3-5,8,13-15H2,(H,25,28). The number of amides is 3. The number of carbonyl (C=O) groups excluding carboxylic acids is 3. The first-order chi connectivity index (χ1) is 15.8. The maximum Gasteiger partial charge on any atom is 0.261 e. The molecular weight excluding hydrogens is 466 g/mol. The Kier molecular flexibility index (Phi) is 6.83. The minimum absolute atomic E-state index is 0.0174. The lowest BCUT2D eigenvalue weighted by Crippen LogP contribution is -2.49. The SMILES string of the molecule is O=C1NCCCCC1N(CCCN1C(=O)c2ccccc2C1=O)S(=O)(=O)c1ccc(Cl)cc1. The Balaban J connectivity index is 1.55. The lowest BCUT2D eigenvalue weighted by atomic mass is 10.1. The van der Waals surface area contributed by atoms with Gasteiger partial charge in [-0.2, -0.15) is 4.31 Å². The quantitative estimate of drug-likeness (QED) is 0.602. The second-order valence-corrected chi connectivity index (χ2v) is 10.4. The minimum Gasteiger partial charge on any atom is -0.355 e. The second kappa shape index (κ2) is 9.62. The highest BCUT2D eigenvalue weighted by molar-refractivity contribution is 7.89. The van der Waals surface area contributed by atoms with Crippen molar-refractivity contribution in [2.24, 2.45) is 0 Å². The van der Waals surface area contributed by atoms with Gasteiger partial charge in [-0.1, -0.05) is 23.7 Å². The summed E-state index contributed by atoms with van der Waals surface area (Å²) in [6, 6.07) is 11.5. The molecule has 0 bridgehead atoms. The zero-order valence-electron chi connectivity index (χ0n) is 17.9. The molecule has 0 spiro atoms. The molecule has 0 aliphatic carbocycles. The van der Waals surface area contributed by atoms with Crippen molar-refractivity contribution in [2.45, 2.75) is 36.6 Å². The number of carbonyl (C=O) groups is 3. The molecule has 2 aromatic rings. The van der Waals surface area contributed by atoms with Crippen molar-refractivity contribution in [3.63, 3.8) is 0 Å². The first kappa shape index (κ1) is 23.4. The molecule has 0 radical (unpaired) electrons. The number of nitrogens with one attached hydrogen (secondary N) is 1. The third-order valence-corrected chi connectivity index (χ3v) is 8.09. The highest BCUT2D eigenvalue weighted by Crippen LogP contribution is 2.26. The van der Waals surface area contributed by atoms with Crippen molar-refractivity contribution >= 4 is 39.3 Å². The van der Waals surface area contributed by atoms with Crippen LogP contribution in [0.3, 0.4) is 0 Å². The maximum absolute atomic E-state index is 13.5. The normalized spacial score (nSPS) is 18.9. The maximum atomic E-state index is 13.5. The van der Waals surface area contributed by atoms with Gasteiger partial charge >= 0.3 is 0 Å². The number of fused-ring (bicyclic) bond motifs is 1. The first-order valence-corrected chi connectivity index (χ1v) is 12.6. The molecule has 2 aromatic carbocycles. The van der Waals surface area contributed by atoms with E-state index in [-0.39, 0.29) is 30.3 Å². The summed E-state index contributed by atoms with van der Waals surface area (Å²) in [5, 5.41) is 3.18. The molecule has 10 heteroatoms. The Hall–Kier alpha value is -2.75. The lowest BCUT2D eigenvalue weighted by molar-refractivity contribution is -0.124. The van der Waals surface area contributed by atoms with Crippen LogP contribution in [0.5, 0.6) is 0 Å². The number of halogens is 1. The molecule has 0 saturated carbocycles. The molecule has 1 saturated heterocycles. The van der Waals surface area contributed by atoms with E-state index in [1.807, 2.05) is 0 Å². The molecule has 1 atom stereocenters. The van der Waals surface area contributed by atoms with E-state index in [1.54, 1.807) is 24.3 Å². The molecule has 3 amide bonds. The van der Waals surface area contributed by atoms with Gasteiger partial charge in [0.15, 0.2) is 0 Å². The van der Waals surface area contributed by atoms with Crippen LogP contribution < -0.4 is 5.32 Å². The highest BCUT2D eigenvalue weighted by atomic mass is 35.5. The van der Waals surface area contributed by atoms with Crippen molar-refractivity contribution in [1.82, 2.24) is 14.5 Å². The van der Waals surface area contributed by atoms with Crippen LogP contribution in [-0.2, 0) is 14.8 Å². The van der Waals surface area contributed by atoms with Gasteiger partial charge in [-0.05, 0) is 62.1 Å². The molecule has 1 fully saturated rings. The summed E-state index contributed by atoms with van der Waals surface area (Å²) in [5.74, 6) is -1.13. The predicted molar refractivity (Wildman–Crippen MR) is 122 cm³/mol. The molecule has 2 aliphatic rings. The van der Waals surface area contributed by atoms with E-state index in [9.17, 15) is 22.8 Å². The number of nitrogens with zero attached hydrogens (tertiary/aromatic N) is 2. The summed E-state index contributed by atoms with van der Waals surface area (Å²) in [6.07, 6.45) is 2.06.